The van der Waals surface area contributed by atoms with E-state index in [-0.39, 0.29) is 109 Å². The van der Waals surface area contributed by atoms with Gasteiger partial charge in [-0.25, -0.2) is 16.8 Å². The summed E-state index contributed by atoms with van der Waals surface area (Å²) in [6, 6.07) is 17.7. The van der Waals surface area contributed by atoms with Gasteiger partial charge in [0.25, 0.3) is 0 Å². The summed E-state index contributed by atoms with van der Waals surface area (Å²) in [6.45, 7) is 41.7. The summed E-state index contributed by atoms with van der Waals surface area (Å²) in [7, 11) is -6.89. The van der Waals surface area contributed by atoms with Crippen molar-refractivity contribution in [3.63, 3.8) is 0 Å². The number of carbonyl (C=O) groups is 1. The summed E-state index contributed by atoms with van der Waals surface area (Å²) in [5.74, 6) is 2.88. The Balaban J connectivity index is 0.000000258. The minimum Gasteiger partial charge on any atom is -0.465 e. The van der Waals surface area contributed by atoms with Crippen molar-refractivity contribution >= 4 is 25.6 Å². The lowest BCUT2D eigenvalue weighted by atomic mass is 9.69. The zero-order valence-corrected chi connectivity index (χ0v) is 58.8. The third-order valence-electron chi connectivity index (χ3n) is 21.7. The van der Waals surface area contributed by atoms with Crippen LogP contribution in [0.25, 0.3) is 0 Å². The van der Waals surface area contributed by atoms with Crippen LogP contribution in [0.15, 0.2) is 119 Å². The number of sulfone groups is 2. The van der Waals surface area contributed by atoms with Crippen LogP contribution in [0.5, 0.6) is 0 Å². The van der Waals surface area contributed by atoms with Gasteiger partial charge in [-0.15, -0.1) is 0 Å². The minimum absolute atomic E-state index is 0.0373. The van der Waals surface area contributed by atoms with Gasteiger partial charge in [-0.05, 0) is 212 Å². The summed E-state index contributed by atoms with van der Waals surface area (Å²) >= 11 is 0. The Morgan fingerprint density at radius 1 is 0.578 bits per heavy atom. The van der Waals surface area contributed by atoms with E-state index in [2.05, 4.69) is 81.7 Å². The number of esters is 1. The summed E-state index contributed by atoms with van der Waals surface area (Å²) in [6.07, 6.45) is 17.7. The fourth-order valence-corrected chi connectivity index (χ4v) is 18.8. The summed E-state index contributed by atoms with van der Waals surface area (Å²) in [5.41, 5.74) is 4.23. The maximum Gasteiger partial charge on any atom is 0.311 e. The second kappa shape index (κ2) is 33.8. The van der Waals surface area contributed by atoms with Crippen LogP contribution in [-0.4, -0.2) is 114 Å². The first kappa shape index (κ1) is 73.9. The highest BCUT2D eigenvalue weighted by Gasteiger charge is 2.48. The Kier molecular flexibility index (Phi) is 27.7. The van der Waals surface area contributed by atoms with Crippen molar-refractivity contribution < 1.29 is 55.2 Å². The molecule has 5 aliphatic heterocycles. The van der Waals surface area contributed by atoms with Crippen LogP contribution in [0.1, 0.15) is 198 Å². The highest BCUT2D eigenvalue weighted by atomic mass is 32.2. The number of rotatable bonds is 29. The van der Waals surface area contributed by atoms with Crippen molar-refractivity contribution in [2.75, 3.05) is 24.7 Å². The van der Waals surface area contributed by atoms with Gasteiger partial charge < -0.3 is 33.5 Å². The average molecular weight is 1290 g/mol. The molecule has 506 valence electrons. The van der Waals surface area contributed by atoms with E-state index in [0.717, 1.165) is 127 Å². The maximum absolute atomic E-state index is 13.6. The molecule has 5 saturated heterocycles. The zero-order chi connectivity index (χ0) is 65.7. The van der Waals surface area contributed by atoms with Gasteiger partial charge in [0.15, 0.2) is 19.7 Å². The molecule has 8 rings (SSSR count). The molecule has 0 aromatic heterocycles. The van der Waals surface area contributed by atoms with Crippen molar-refractivity contribution in [2.24, 2.45) is 64.6 Å². The molecule has 0 radical (unpaired) electrons. The largest absolute Gasteiger partial charge is 0.465 e. The first-order chi connectivity index (χ1) is 42.6. The molecule has 5 heterocycles. The Morgan fingerprint density at radius 3 is 1.53 bits per heavy atom. The molecule has 6 fully saturated rings. The third kappa shape index (κ3) is 20.5. The number of allylic oxidation sites excluding steroid dienone is 1. The van der Waals surface area contributed by atoms with E-state index >= 15 is 0 Å². The molecular weight excluding hydrogens is 1170 g/mol. The van der Waals surface area contributed by atoms with Gasteiger partial charge in [0, 0.05) is 24.9 Å². The quantitative estimate of drug-likeness (QED) is 0.0467. The summed E-state index contributed by atoms with van der Waals surface area (Å²) in [4.78, 5) is 12.8. The molecule has 20 atom stereocenters. The minimum atomic E-state index is -3.46. The highest BCUT2D eigenvalue weighted by Crippen LogP contribution is 2.48. The van der Waals surface area contributed by atoms with Crippen molar-refractivity contribution in [1.29, 1.82) is 0 Å². The first-order valence-corrected chi connectivity index (χ1v) is 38.2. The van der Waals surface area contributed by atoms with Gasteiger partial charge in [0.2, 0.25) is 0 Å². The lowest BCUT2D eigenvalue weighted by Gasteiger charge is -2.38. The molecule has 2 aromatic carbocycles. The molecule has 14 heteroatoms. The molecule has 1 N–H and O–H groups in total. The Bertz CT molecular complexity index is 2850. The molecule has 1 saturated carbocycles. The van der Waals surface area contributed by atoms with Crippen molar-refractivity contribution in [3.05, 3.63) is 109 Å². The van der Waals surface area contributed by atoms with Crippen LogP contribution in [0.3, 0.4) is 0 Å². The monoisotopic (exact) mass is 1290 g/mol. The van der Waals surface area contributed by atoms with Gasteiger partial charge >= 0.3 is 5.97 Å². The number of ether oxygens (including phenoxy) is 6. The molecule has 6 aliphatic rings. The molecular formula is C76H118O12S2. The summed E-state index contributed by atoms with van der Waals surface area (Å²) < 4.78 is 92.6. The van der Waals surface area contributed by atoms with Crippen molar-refractivity contribution in [3.8, 4) is 0 Å². The van der Waals surface area contributed by atoms with Crippen molar-refractivity contribution in [1.82, 2.24) is 0 Å². The predicted molar refractivity (Wildman–Crippen MR) is 362 cm³/mol. The molecule has 1 aliphatic carbocycles. The molecule has 2 aromatic rings. The van der Waals surface area contributed by atoms with Gasteiger partial charge in [0.1, 0.15) is 0 Å². The molecule has 0 bridgehead atoms. The molecule has 5 unspecified atom stereocenters. The van der Waals surface area contributed by atoms with Gasteiger partial charge in [-0.1, -0.05) is 137 Å². The standard InChI is InChI=1S/C41H64O6S.C35H54O6S/c1-10-27(2)21-38-31(6)36(26-48(43,44)35-16-12-11-13-17-35)39(47-38)25-33-24-32(22-28(3)30(33)5)18-19-37-29(4)23-34(46-37)15-14-20-45-40(42)41(7,8)9;1-7-23(2)18-33-27(6)31(22-42(37,38)30-13-9-8-10-14-30)35(41-33)21-34-26(5)24(3)19-29(40-34)15-16-32-25(4)20-28(39-32)12-11-17-36/h11-13,16-17,27-28,31-34,36-39H,4-5,10,14-15,18-26H2,1-3,6-9H3;8-10,13-14,23-24,27-29,31-36H,4-5,7,11-12,15-22H2,1-3,6H3/t27-,28-,31-,32?,33-,34+,36-,37?,38-,39?;23-,24-,27-,28+,29+,31-,32?,33-,34-,35?/m11/s1. The normalized spacial score (nSPS) is 33.2. The number of hydrogen-bond donors (Lipinski definition) is 1. The Morgan fingerprint density at radius 2 is 1.04 bits per heavy atom. The highest BCUT2D eigenvalue weighted by molar-refractivity contribution is 7.91. The third-order valence-corrected chi connectivity index (χ3v) is 25.3. The molecule has 0 amide bonds. The number of benzene rings is 2. The fraction of sp³-hybridized carbons (Fsp3) is 0.724. The van der Waals surface area contributed by atoms with E-state index in [1.54, 1.807) is 48.5 Å². The van der Waals surface area contributed by atoms with E-state index in [9.17, 15) is 21.6 Å². The number of hydrogen-bond acceptors (Lipinski definition) is 12. The van der Waals surface area contributed by atoms with Crippen LogP contribution in [0, 0.1) is 64.6 Å². The lowest BCUT2D eigenvalue weighted by Crippen LogP contribution is -2.38. The molecule has 12 nitrogen and oxygen atoms in total. The van der Waals surface area contributed by atoms with Gasteiger partial charge in [-0.2, -0.15) is 0 Å². The van der Waals surface area contributed by atoms with Gasteiger partial charge in [-0.3, -0.25) is 4.79 Å². The van der Waals surface area contributed by atoms with Crippen LogP contribution in [0.4, 0.5) is 0 Å². The zero-order valence-electron chi connectivity index (χ0n) is 57.2. The van der Waals surface area contributed by atoms with Crippen LogP contribution >= 0.6 is 0 Å². The predicted octanol–water partition coefficient (Wildman–Crippen LogP) is 16.3. The molecule has 90 heavy (non-hydrogen) atoms. The first-order valence-electron chi connectivity index (χ1n) is 34.9. The van der Waals surface area contributed by atoms with E-state index in [1.807, 2.05) is 32.9 Å². The van der Waals surface area contributed by atoms with Gasteiger partial charge in [0.05, 0.1) is 94.4 Å². The molecule has 0 spiro atoms. The lowest BCUT2D eigenvalue weighted by molar-refractivity contribution is -0.153. The summed E-state index contributed by atoms with van der Waals surface area (Å²) in [5, 5.41) is 9.17. The van der Waals surface area contributed by atoms with E-state index in [0.29, 0.717) is 58.3 Å². The Labute approximate surface area is 545 Å². The smallest absolute Gasteiger partial charge is 0.311 e. The van der Waals surface area contributed by atoms with Crippen LogP contribution in [-0.2, 0) is 52.9 Å². The fourth-order valence-electron chi connectivity index (χ4n) is 15.3. The number of carbonyl (C=O) groups excluding carboxylic acids is 1. The maximum atomic E-state index is 13.6. The van der Waals surface area contributed by atoms with E-state index in [1.165, 1.54) is 11.1 Å². The topological polar surface area (TPSA) is 161 Å². The average Bonchev–Trinajstić information content (AvgIpc) is 1.63. The van der Waals surface area contributed by atoms with E-state index < -0.39 is 25.1 Å². The van der Waals surface area contributed by atoms with E-state index in [4.69, 9.17) is 33.5 Å². The van der Waals surface area contributed by atoms with Crippen LogP contribution < -0.4 is 0 Å². The number of aliphatic hydroxyl groups excluding tert-OH is 1. The van der Waals surface area contributed by atoms with Crippen molar-refractivity contribution in [2.45, 2.75) is 269 Å². The SMILES string of the molecule is C=C1C[C@H](CCCO)OC1CC[C@H]1C[C@@H](C)C(=C)[C@@H](CC2O[C@H](C[C@H](C)CC)[C@H](C)[C@H]2CS(=O)(=O)c2ccccc2)O1.C=C1C[C@H](CCCOC(=O)C(C)(C)C)OC1CCC1C[C@H](CC2O[C@H](C[C@H](C)CC)[C@H](C)[C@H]2CS(=O)(=O)c2ccccc2)C(=C)[C@H](C)C1. The second-order valence-electron chi connectivity index (χ2n) is 29.9. The number of aliphatic hydroxyl groups is 1. The van der Waals surface area contributed by atoms with Crippen LogP contribution in [0.2, 0.25) is 0 Å². The Hall–Kier alpha value is -3.47. The second-order valence-corrected chi connectivity index (χ2v) is 33.9.